The van der Waals surface area contributed by atoms with Crippen molar-refractivity contribution in [2.45, 2.75) is 44.7 Å². The van der Waals surface area contributed by atoms with E-state index in [0.29, 0.717) is 0 Å². The Morgan fingerprint density at radius 1 is 1.47 bits per heavy atom. The van der Waals surface area contributed by atoms with E-state index in [1.54, 1.807) is 0 Å². The average molecular weight is 281 g/mol. The largest absolute Gasteiger partial charge is 0.353 e. The Morgan fingerprint density at radius 2 is 2.21 bits per heavy atom. The molecular weight excluding hydrogens is 260 g/mol. The van der Waals surface area contributed by atoms with Gasteiger partial charge in [0, 0.05) is 23.0 Å². The number of hydrogen-bond acceptors (Lipinski definition) is 2. The summed E-state index contributed by atoms with van der Waals surface area (Å²) < 4.78 is 0. The van der Waals surface area contributed by atoms with Crippen molar-refractivity contribution in [3.05, 3.63) is 34.9 Å². The van der Waals surface area contributed by atoms with E-state index in [4.69, 9.17) is 17.3 Å². The molecule has 3 nitrogen and oxygen atoms in total. The second-order valence-corrected chi connectivity index (χ2v) is 5.88. The number of halogens is 1. The predicted octanol–water partition coefficient (Wildman–Crippen LogP) is 2.51. The van der Waals surface area contributed by atoms with Crippen molar-refractivity contribution in [2.24, 2.45) is 11.7 Å². The van der Waals surface area contributed by atoms with Crippen LogP contribution in [0.2, 0.25) is 5.02 Å². The third-order valence-electron chi connectivity index (χ3n) is 3.72. The van der Waals surface area contributed by atoms with Gasteiger partial charge in [-0.1, -0.05) is 29.8 Å². The first-order valence-electron chi connectivity index (χ1n) is 6.85. The highest BCUT2D eigenvalue weighted by molar-refractivity contribution is 6.31. The fraction of sp³-hybridized carbons (Fsp3) is 0.533. The standard InChI is InChI=1S/C15H21ClN2O/c1-10(8-11-4-2-3-5-14(11)16)18-15(19)12-6-7-13(17)9-12/h2-5,10,12-13H,6-9,17H2,1H3,(H,18,19). The molecule has 3 atom stereocenters. The Kier molecular flexibility index (Phi) is 4.83. The second kappa shape index (κ2) is 6.40. The summed E-state index contributed by atoms with van der Waals surface area (Å²) in [5.41, 5.74) is 6.91. The molecule has 0 bridgehead atoms. The van der Waals surface area contributed by atoms with Gasteiger partial charge in [-0.2, -0.15) is 0 Å². The van der Waals surface area contributed by atoms with E-state index < -0.39 is 0 Å². The highest BCUT2D eigenvalue weighted by atomic mass is 35.5. The Hall–Kier alpha value is -1.06. The highest BCUT2D eigenvalue weighted by Crippen LogP contribution is 2.24. The van der Waals surface area contributed by atoms with Crippen molar-refractivity contribution in [3.8, 4) is 0 Å². The van der Waals surface area contributed by atoms with Crippen molar-refractivity contribution in [3.63, 3.8) is 0 Å². The van der Waals surface area contributed by atoms with Crippen LogP contribution in [0.1, 0.15) is 31.7 Å². The van der Waals surface area contributed by atoms with Crippen molar-refractivity contribution in [2.75, 3.05) is 0 Å². The van der Waals surface area contributed by atoms with E-state index in [9.17, 15) is 4.79 Å². The SMILES string of the molecule is CC(Cc1ccccc1Cl)NC(=O)C1CCC(N)C1. The molecule has 0 heterocycles. The van der Waals surface area contributed by atoms with Gasteiger partial charge in [0.1, 0.15) is 0 Å². The molecule has 104 valence electrons. The van der Waals surface area contributed by atoms with Crippen molar-refractivity contribution >= 4 is 17.5 Å². The summed E-state index contributed by atoms with van der Waals surface area (Å²) in [5, 5.41) is 3.82. The van der Waals surface area contributed by atoms with Gasteiger partial charge in [0.25, 0.3) is 0 Å². The molecule has 3 N–H and O–H groups in total. The normalized spacial score (nSPS) is 24.2. The summed E-state index contributed by atoms with van der Waals surface area (Å²) in [4.78, 5) is 12.1. The van der Waals surface area contributed by atoms with E-state index in [0.717, 1.165) is 36.3 Å². The van der Waals surface area contributed by atoms with Crippen LogP contribution in [-0.2, 0) is 11.2 Å². The molecule has 0 aromatic heterocycles. The molecular formula is C15H21ClN2O. The van der Waals surface area contributed by atoms with Crippen LogP contribution < -0.4 is 11.1 Å². The monoisotopic (exact) mass is 280 g/mol. The van der Waals surface area contributed by atoms with Crippen LogP contribution >= 0.6 is 11.6 Å². The number of hydrogen-bond donors (Lipinski definition) is 2. The molecule has 1 aromatic carbocycles. The first kappa shape index (κ1) is 14.4. The number of rotatable bonds is 4. The molecule has 1 fully saturated rings. The minimum atomic E-state index is 0.0868. The molecule has 4 heteroatoms. The minimum Gasteiger partial charge on any atom is -0.353 e. The summed E-state index contributed by atoms with van der Waals surface area (Å²) in [6.45, 7) is 2.01. The molecule has 2 rings (SSSR count). The lowest BCUT2D eigenvalue weighted by molar-refractivity contribution is -0.125. The average Bonchev–Trinajstić information content (AvgIpc) is 2.79. The number of benzene rings is 1. The Balaban J connectivity index is 1.86. The summed E-state index contributed by atoms with van der Waals surface area (Å²) in [6, 6.07) is 8.03. The van der Waals surface area contributed by atoms with Gasteiger partial charge in [-0.15, -0.1) is 0 Å². The van der Waals surface area contributed by atoms with Gasteiger partial charge in [0.05, 0.1) is 0 Å². The topological polar surface area (TPSA) is 55.1 Å². The molecule has 1 aromatic rings. The number of carbonyl (C=O) groups is 1. The van der Waals surface area contributed by atoms with Crippen LogP contribution in [0.3, 0.4) is 0 Å². The van der Waals surface area contributed by atoms with E-state index >= 15 is 0 Å². The number of nitrogens with two attached hydrogens (primary N) is 1. The first-order chi connectivity index (χ1) is 9.06. The third kappa shape index (κ3) is 3.95. The van der Waals surface area contributed by atoms with Gasteiger partial charge in [0.15, 0.2) is 0 Å². The van der Waals surface area contributed by atoms with Crippen molar-refractivity contribution < 1.29 is 4.79 Å². The molecule has 1 saturated carbocycles. The van der Waals surface area contributed by atoms with Gasteiger partial charge in [-0.3, -0.25) is 4.79 Å². The maximum Gasteiger partial charge on any atom is 0.223 e. The van der Waals surface area contributed by atoms with Crippen molar-refractivity contribution in [1.82, 2.24) is 5.32 Å². The fourth-order valence-electron chi connectivity index (χ4n) is 2.66. The van der Waals surface area contributed by atoms with Crippen LogP contribution in [0.25, 0.3) is 0 Å². The van der Waals surface area contributed by atoms with Gasteiger partial charge >= 0.3 is 0 Å². The van der Waals surface area contributed by atoms with Gasteiger partial charge in [0.2, 0.25) is 5.91 Å². The lowest BCUT2D eigenvalue weighted by Crippen LogP contribution is -2.38. The predicted molar refractivity (Wildman–Crippen MR) is 78.1 cm³/mol. The van der Waals surface area contributed by atoms with Gasteiger partial charge in [-0.05, 0) is 44.2 Å². The first-order valence-corrected chi connectivity index (χ1v) is 7.23. The highest BCUT2D eigenvalue weighted by Gasteiger charge is 2.28. The minimum absolute atomic E-state index is 0.0868. The maximum atomic E-state index is 12.1. The van der Waals surface area contributed by atoms with Crippen LogP contribution in [0.5, 0.6) is 0 Å². The van der Waals surface area contributed by atoms with Gasteiger partial charge in [-0.25, -0.2) is 0 Å². The number of carbonyl (C=O) groups excluding carboxylic acids is 1. The summed E-state index contributed by atoms with van der Waals surface area (Å²) >= 11 is 6.12. The van der Waals surface area contributed by atoms with Crippen LogP contribution in [0.4, 0.5) is 0 Å². The molecule has 19 heavy (non-hydrogen) atoms. The molecule has 1 aliphatic carbocycles. The molecule has 1 aliphatic rings. The quantitative estimate of drug-likeness (QED) is 0.890. The summed E-state index contributed by atoms with van der Waals surface area (Å²) in [6.07, 6.45) is 3.43. The number of nitrogens with one attached hydrogen (secondary N) is 1. The summed E-state index contributed by atoms with van der Waals surface area (Å²) in [7, 11) is 0. The van der Waals surface area contributed by atoms with Crippen LogP contribution in [0.15, 0.2) is 24.3 Å². The molecule has 0 saturated heterocycles. The lowest BCUT2D eigenvalue weighted by atomic mass is 10.0. The van der Waals surface area contributed by atoms with Crippen LogP contribution in [-0.4, -0.2) is 18.0 Å². The van der Waals surface area contributed by atoms with E-state index in [1.165, 1.54) is 0 Å². The van der Waals surface area contributed by atoms with E-state index in [-0.39, 0.29) is 23.9 Å². The lowest BCUT2D eigenvalue weighted by Gasteiger charge is -2.17. The van der Waals surface area contributed by atoms with E-state index in [1.807, 2.05) is 31.2 Å². The second-order valence-electron chi connectivity index (χ2n) is 5.48. The molecule has 1 amide bonds. The van der Waals surface area contributed by atoms with Crippen LogP contribution in [0, 0.1) is 5.92 Å². The maximum absolute atomic E-state index is 12.1. The molecule has 3 unspecified atom stereocenters. The van der Waals surface area contributed by atoms with Crippen molar-refractivity contribution in [1.29, 1.82) is 0 Å². The fourth-order valence-corrected chi connectivity index (χ4v) is 2.87. The zero-order valence-electron chi connectivity index (χ0n) is 11.2. The molecule has 0 spiro atoms. The molecule has 0 aliphatic heterocycles. The zero-order valence-corrected chi connectivity index (χ0v) is 12.0. The Bertz CT molecular complexity index is 450. The Morgan fingerprint density at radius 3 is 2.84 bits per heavy atom. The van der Waals surface area contributed by atoms with E-state index in [2.05, 4.69) is 5.32 Å². The molecule has 0 radical (unpaired) electrons. The number of amides is 1. The summed E-state index contributed by atoms with van der Waals surface area (Å²) in [5.74, 6) is 0.219. The Labute approximate surface area is 119 Å². The van der Waals surface area contributed by atoms with Gasteiger partial charge < -0.3 is 11.1 Å². The smallest absolute Gasteiger partial charge is 0.223 e. The zero-order chi connectivity index (χ0) is 13.8. The third-order valence-corrected chi connectivity index (χ3v) is 4.09.